The van der Waals surface area contributed by atoms with E-state index in [0.29, 0.717) is 52.2 Å². The van der Waals surface area contributed by atoms with Crippen LogP contribution in [0.5, 0.6) is 0 Å². The molecule has 0 fully saturated rings. The van der Waals surface area contributed by atoms with Gasteiger partial charge in [0.25, 0.3) is 0 Å². The zero-order valence-electron chi connectivity index (χ0n) is 20.0. The van der Waals surface area contributed by atoms with E-state index in [0.717, 1.165) is 5.56 Å². The fourth-order valence-corrected chi connectivity index (χ4v) is 3.49. The van der Waals surface area contributed by atoms with Crippen molar-refractivity contribution in [2.75, 3.05) is 32.8 Å². The second kappa shape index (κ2) is 12.0. The van der Waals surface area contributed by atoms with Gasteiger partial charge < -0.3 is 14.5 Å². The van der Waals surface area contributed by atoms with E-state index < -0.39 is 0 Å². The molecule has 0 aromatic carbocycles. The number of nitrogens with zero attached hydrogens (tertiary/aromatic N) is 3. The molecule has 1 aromatic rings. The van der Waals surface area contributed by atoms with Crippen LogP contribution in [-0.2, 0) is 20.9 Å². The first-order valence-electron chi connectivity index (χ1n) is 11.1. The normalized spacial score (nSPS) is 12.0. The molecule has 0 N–H and O–H groups in total. The van der Waals surface area contributed by atoms with Crippen molar-refractivity contribution in [1.29, 1.82) is 0 Å². The number of hydrogen-bond acceptors (Lipinski definition) is 4. The highest BCUT2D eigenvalue weighted by Gasteiger charge is 2.28. The van der Waals surface area contributed by atoms with Crippen LogP contribution in [0, 0.1) is 10.8 Å². The minimum Gasteiger partial charge on any atom is -0.380 e. The molecule has 0 aliphatic carbocycles. The number of rotatable bonds is 13. The van der Waals surface area contributed by atoms with Crippen LogP contribution in [0.3, 0.4) is 0 Å². The van der Waals surface area contributed by atoms with Crippen molar-refractivity contribution in [1.82, 2.24) is 14.8 Å². The largest absolute Gasteiger partial charge is 0.380 e. The molecule has 0 saturated carbocycles. The average molecular weight is 420 g/mol. The minimum atomic E-state index is -0.183. The summed E-state index contributed by atoms with van der Waals surface area (Å²) in [5, 5.41) is 0. The first-order chi connectivity index (χ1) is 14.0. The summed E-state index contributed by atoms with van der Waals surface area (Å²) in [6.07, 6.45) is 4.51. The Kier molecular flexibility index (Phi) is 10.5. The zero-order chi connectivity index (χ0) is 22.8. The lowest BCUT2D eigenvalue weighted by Gasteiger charge is -2.35. The molecule has 0 saturated heterocycles. The monoisotopic (exact) mass is 419 g/mol. The molecule has 0 radical (unpaired) electrons. The molecule has 0 bridgehead atoms. The summed E-state index contributed by atoms with van der Waals surface area (Å²) in [7, 11) is 0. The highest BCUT2D eigenvalue weighted by Crippen LogP contribution is 2.23. The van der Waals surface area contributed by atoms with Crippen LogP contribution >= 0.6 is 0 Å². The molecule has 0 unspecified atom stereocenters. The van der Waals surface area contributed by atoms with Crippen LogP contribution in [0.4, 0.5) is 0 Å². The van der Waals surface area contributed by atoms with Crippen molar-refractivity contribution in [2.45, 2.75) is 67.9 Å². The van der Waals surface area contributed by atoms with E-state index in [2.05, 4.69) is 32.7 Å². The van der Waals surface area contributed by atoms with Crippen LogP contribution in [-0.4, -0.2) is 59.4 Å². The van der Waals surface area contributed by atoms with Crippen molar-refractivity contribution < 1.29 is 14.3 Å². The summed E-state index contributed by atoms with van der Waals surface area (Å²) in [6, 6.07) is 3.89. The summed E-state index contributed by atoms with van der Waals surface area (Å²) in [6.45, 7) is 18.0. The molecule has 0 aliphatic rings. The lowest BCUT2D eigenvalue weighted by Crippen LogP contribution is -2.42. The first kappa shape index (κ1) is 26.1. The zero-order valence-corrected chi connectivity index (χ0v) is 20.0. The van der Waals surface area contributed by atoms with Gasteiger partial charge in [0.1, 0.15) is 0 Å². The van der Waals surface area contributed by atoms with E-state index in [1.807, 2.05) is 42.7 Å². The van der Waals surface area contributed by atoms with Crippen molar-refractivity contribution in [2.24, 2.45) is 10.8 Å². The van der Waals surface area contributed by atoms with Crippen molar-refractivity contribution >= 4 is 11.8 Å². The molecule has 170 valence electrons. The van der Waals surface area contributed by atoms with E-state index in [1.165, 1.54) is 0 Å². The van der Waals surface area contributed by atoms with Gasteiger partial charge in [0.15, 0.2) is 0 Å². The highest BCUT2D eigenvalue weighted by atomic mass is 16.5. The maximum Gasteiger partial charge on any atom is 0.222 e. The summed E-state index contributed by atoms with van der Waals surface area (Å²) in [5.41, 5.74) is 0.759. The average Bonchev–Trinajstić information content (AvgIpc) is 2.70. The van der Waals surface area contributed by atoms with Crippen LogP contribution < -0.4 is 0 Å². The third-order valence-corrected chi connectivity index (χ3v) is 5.04. The molecule has 6 heteroatoms. The molecule has 0 aliphatic heterocycles. The number of amides is 2. The maximum absolute atomic E-state index is 12.5. The van der Waals surface area contributed by atoms with Gasteiger partial charge in [-0.2, -0.15) is 0 Å². The molecule has 6 nitrogen and oxygen atoms in total. The molecular weight excluding hydrogens is 378 g/mol. The van der Waals surface area contributed by atoms with Crippen molar-refractivity contribution in [3.8, 4) is 0 Å². The standard InChI is InChI=1S/C24H41N3O3/c1-8-21(28)26(10-3)16-23(4,5)18-30-19-24(6,7)17-27(22(29)9-2)15-20-11-13-25-14-12-20/h11-14H,8-10,15-19H2,1-7H3. The third-order valence-electron chi connectivity index (χ3n) is 5.04. The summed E-state index contributed by atoms with van der Waals surface area (Å²) in [5.74, 6) is 0.313. The molecule has 1 aromatic heterocycles. The lowest BCUT2D eigenvalue weighted by molar-refractivity contribution is -0.133. The Bertz CT molecular complexity index is 659. The van der Waals surface area contributed by atoms with Crippen molar-refractivity contribution in [3.05, 3.63) is 30.1 Å². The summed E-state index contributed by atoms with van der Waals surface area (Å²) < 4.78 is 6.10. The van der Waals surface area contributed by atoms with Crippen molar-refractivity contribution in [3.63, 3.8) is 0 Å². The van der Waals surface area contributed by atoms with Crippen LogP contribution in [0.25, 0.3) is 0 Å². The SMILES string of the molecule is CCC(=O)N(CC)CC(C)(C)COCC(C)(C)CN(Cc1ccncc1)C(=O)CC. The van der Waals surface area contributed by atoms with Gasteiger partial charge in [0.05, 0.1) is 13.2 Å². The van der Waals surface area contributed by atoms with Crippen LogP contribution in [0.2, 0.25) is 0 Å². The second-order valence-electron chi connectivity index (χ2n) is 9.54. The predicted molar refractivity (Wildman–Crippen MR) is 121 cm³/mol. The number of pyridine rings is 1. The minimum absolute atomic E-state index is 0.132. The van der Waals surface area contributed by atoms with Gasteiger partial charge in [-0.1, -0.05) is 41.5 Å². The predicted octanol–water partition coefficient (Wildman–Crippen LogP) is 4.15. The number of carbonyl (C=O) groups is 2. The Morgan fingerprint density at radius 2 is 1.33 bits per heavy atom. The van der Waals surface area contributed by atoms with Gasteiger partial charge in [-0.25, -0.2) is 0 Å². The number of ether oxygens (including phenoxy) is 1. The van der Waals surface area contributed by atoms with Gasteiger partial charge in [-0.05, 0) is 24.6 Å². The fourth-order valence-electron chi connectivity index (χ4n) is 3.49. The molecule has 1 heterocycles. The Morgan fingerprint density at radius 1 is 0.867 bits per heavy atom. The van der Waals surface area contributed by atoms with Gasteiger partial charge >= 0.3 is 0 Å². The number of aromatic nitrogens is 1. The van der Waals surface area contributed by atoms with E-state index >= 15 is 0 Å². The van der Waals surface area contributed by atoms with E-state index in [4.69, 9.17) is 4.74 Å². The smallest absolute Gasteiger partial charge is 0.222 e. The Morgan fingerprint density at radius 3 is 1.80 bits per heavy atom. The molecule has 1 rings (SSSR count). The molecule has 0 spiro atoms. The van der Waals surface area contributed by atoms with Gasteiger partial charge in [-0.3, -0.25) is 14.6 Å². The Hall–Kier alpha value is -1.95. The lowest BCUT2D eigenvalue weighted by atomic mass is 9.92. The summed E-state index contributed by atoms with van der Waals surface area (Å²) >= 11 is 0. The van der Waals surface area contributed by atoms with Crippen LogP contribution in [0.15, 0.2) is 24.5 Å². The fraction of sp³-hybridized carbons (Fsp3) is 0.708. The molecule has 30 heavy (non-hydrogen) atoms. The third kappa shape index (κ3) is 9.24. The van der Waals surface area contributed by atoms with Gasteiger partial charge in [-0.15, -0.1) is 0 Å². The number of hydrogen-bond donors (Lipinski definition) is 0. The topological polar surface area (TPSA) is 62.7 Å². The quantitative estimate of drug-likeness (QED) is 0.482. The van der Waals surface area contributed by atoms with E-state index in [9.17, 15) is 9.59 Å². The van der Waals surface area contributed by atoms with Gasteiger partial charge in [0.2, 0.25) is 11.8 Å². The maximum atomic E-state index is 12.5. The van der Waals surface area contributed by atoms with E-state index in [-0.39, 0.29) is 22.6 Å². The Labute approximate surface area is 183 Å². The first-order valence-corrected chi connectivity index (χ1v) is 11.1. The molecule has 0 atom stereocenters. The number of carbonyl (C=O) groups excluding carboxylic acids is 2. The molecular formula is C24H41N3O3. The highest BCUT2D eigenvalue weighted by molar-refractivity contribution is 5.76. The molecule has 2 amide bonds. The Balaban J connectivity index is 2.65. The summed E-state index contributed by atoms with van der Waals surface area (Å²) in [4.78, 5) is 32.4. The second-order valence-corrected chi connectivity index (χ2v) is 9.54. The van der Waals surface area contributed by atoms with Crippen LogP contribution in [0.1, 0.15) is 66.9 Å². The van der Waals surface area contributed by atoms with E-state index in [1.54, 1.807) is 12.4 Å². The van der Waals surface area contributed by atoms with Gasteiger partial charge in [0, 0.05) is 62.2 Å².